The minimum Gasteiger partial charge on any atom is -0.338 e. The van der Waals surface area contributed by atoms with Gasteiger partial charge in [0.05, 0.1) is 6.04 Å². The molecule has 0 saturated heterocycles. The van der Waals surface area contributed by atoms with E-state index in [0.29, 0.717) is 17.7 Å². The number of aromatic nitrogens is 2. The molecule has 0 aliphatic heterocycles. The lowest BCUT2D eigenvalue weighted by atomic mass is 10.0. The Bertz CT molecular complexity index is 361. The predicted octanol–water partition coefficient (Wildman–Crippen LogP) is 3.02. The lowest BCUT2D eigenvalue weighted by molar-refractivity contribution is 0.320. The molecule has 17 heavy (non-hydrogen) atoms. The predicted molar refractivity (Wildman–Crippen MR) is 66.4 cm³/mol. The van der Waals surface area contributed by atoms with Crippen LogP contribution in [0.1, 0.15) is 70.1 Å². The molecule has 0 spiro atoms. The molecule has 0 amide bonds. The van der Waals surface area contributed by atoms with Crippen LogP contribution in [0, 0.1) is 11.8 Å². The van der Waals surface area contributed by atoms with Crippen LogP contribution in [-0.4, -0.2) is 10.1 Å². The smallest absolute Gasteiger partial charge is 0.243 e. The summed E-state index contributed by atoms with van der Waals surface area (Å²) in [7, 11) is 0. The third-order valence-electron chi connectivity index (χ3n) is 3.94. The second-order valence-corrected chi connectivity index (χ2v) is 5.54. The highest BCUT2D eigenvalue weighted by molar-refractivity contribution is 5.01. The zero-order valence-corrected chi connectivity index (χ0v) is 11.0. The highest BCUT2D eigenvalue weighted by Crippen LogP contribution is 2.38. The maximum absolute atomic E-state index is 6.01. The van der Waals surface area contributed by atoms with Crippen molar-refractivity contribution in [3.63, 3.8) is 0 Å². The van der Waals surface area contributed by atoms with Crippen molar-refractivity contribution in [3.8, 4) is 0 Å². The molecule has 1 aliphatic rings. The number of nitrogens with two attached hydrogens (primary N) is 1. The first kappa shape index (κ1) is 12.6. The fraction of sp³-hybridized carbons (Fsp3) is 0.846. The molecule has 0 aromatic carbocycles. The minimum absolute atomic E-state index is 0.139. The van der Waals surface area contributed by atoms with E-state index in [2.05, 4.69) is 30.9 Å². The van der Waals surface area contributed by atoms with E-state index in [-0.39, 0.29) is 6.04 Å². The summed E-state index contributed by atoms with van der Waals surface area (Å²) in [6, 6.07) is -0.139. The summed E-state index contributed by atoms with van der Waals surface area (Å²) in [6.45, 7) is 6.39. The molecular formula is C13H23N3O. The first-order chi connectivity index (χ1) is 8.11. The largest absolute Gasteiger partial charge is 0.338 e. The van der Waals surface area contributed by atoms with Crippen molar-refractivity contribution in [2.45, 2.75) is 58.4 Å². The number of hydrogen-bond donors (Lipinski definition) is 1. The highest BCUT2D eigenvalue weighted by Gasteiger charge is 2.29. The lowest BCUT2D eigenvalue weighted by Crippen LogP contribution is -2.17. The van der Waals surface area contributed by atoms with Gasteiger partial charge in [0.25, 0.3) is 0 Å². The Morgan fingerprint density at radius 2 is 2.18 bits per heavy atom. The molecule has 1 heterocycles. The Morgan fingerprint density at radius 1 is 1.41 bits per heavy atom. The van der Waals surface area contributed by atoms with Crippen molar-refractivity contribution >= 4 is 0 Å². The molecule has 1 aromatic heterocycles. The normalized spacial score (nSPS) is 26.6. The molecule has 2 rings (SSSR count). The molecule has 1 aliphatic carbocycles. The summed E-state index contributed by atoms with van der Waals surface area (Å²) in [4.78, 5) is 4.48. The van der Waals surface area contributed by atoms with Gasteiger partial charge in [-0.05, 0) is 31.1 Å². The van der Waals surface area contributed by atoms with Crippen molar-refractivity contribution in [2.75, 3.05) is 0 Å². The fourth-order valence-electron chi connectivity index (χ4n) is 2.51. The second-order valence-electron chi connectivity index (χ2n) is 5.54. The molecule has 96 valence electrons. The Morgan fingerprint density at radius 3 is 2.76 bits per heavy atom. The molecule has 4 nitrogen and oxygen atoms in total. The second kappa shape index (κ2) is 5.17. The number of nitrogens with zero attached hydrogens (tertiary/aromatic N) is 2. The average molecular weight is 237 g/mol. The first-order valence-corrected chi connectivity index (χ1v) is 6.70. The molecule has 3 atom stereocenters. The quantitative estimate of drug-likeness (QED) is 0.874. The van der Waals surface area contributed by atoms with Crippen LogP contribution in [0.15, 0.2) is 4.52 Å². The third-order valence-corrected chi connectivity index (χ3v) is 3.94. The topological polar surface area (TPSA) is 64.9 Å². The molecule has 1 fully saturated rings. The van der Waals surface area contributed by atoms with Gasteiger partial charge in [-0.15, -0.1) is 0 Å². The van der Waals surface area contributed by atoms with Crippen LogP contribution in [0.25, 0.3) is 0 Å². The maximum Gasteiger partial charge on any atom is 0.243 e. The van der Waals surface area contributed by atoms with E-state index in [1.165, 1.54) is 25.7 Å². The monoisotopic (exact) mass is 237 g/mol. The van der Waals surface area contributed by atoms with E-state index in [1.54, 1.807) is 0 Å². The average Bonchev–Trinajstić information content (AvgIpc) is 2.96. The van der Waals surface area contributed by atoms with E-state index >= 15 is 0 Å². The first-order valence-electron chi connectivity index (χ1n) is 6.70. The molecule has 2 unspecified atom stereocenters. The van der Waals surface area contributed by atoms with Crippen molar-refractivity contribution < 1.29 is 4.52 Å². The van der Waals surface area contributed by atoms with E-state index in [1.807, 2.05) is 0 Å². The van der Waals surface area contributed by atoms with E-state index in [0.717, 1.165) is 11.7 Å². The van der Waals surface area contributed by atoms with Gasteiger partial charge in [0.1, 0.15) is 0 Å². The van der Waals surface area contributed by atoms with Gasteiger partial charge in [-0.3, -0.25) is 0 Å². The number of rotatable bonds is 4. The maximum atomic E-state index is 6.01. The summed E-state index contributed by atoms with van der Waals surface area (Å²) >= 11 is 0. The van der Waals surface area contributed by atoms with Crippen molar-refractivity contribution in [2.24, 2.45) is 17.6 Å². The Kier molecular flexibility index (Phi) is 3.82. The molecule has 2 N–H and O–H groups in total. The Balaban J connectivity index is 2.04. The van der Waals surface area contributed by atoms with Crippen molar-refractivity contribution in [1.82, 2.24) is 10.1 Å². The minimum atomic E-state index is -0.139. The van der Waals surface area contributed by atoms with Gasteiger partial charge in [-0.2, -0.15) is 4.98 Å². The van der Waals surface area contributed by atoms with Gasteiger partial charge in [0, 0.05) is 5.92 Å². The van der Waals surface area contributed by atoms with E-state index in [4.69, 9.17) is 10.3 Å². The van der Waals surface area contributed by atoms with Crippen LogP contribution in [-0.2, 0) is 0 Å². The van der Waals surface area contributed by atoms with Gasteiger partial charge >= 0.3 is 0 Å². The molecule has 0 radical (unpaired) electrons. The highest BCUT2D eigenvalue weighted by atomic mass is 16.5. The zero-order valence-electron chi connectivity index (χ0n) is 11.0. The van der Waals surface area contributed by atoms with Crippen LogP contribution >= 0.6 is 0 Å². The van der Waals surface area contributed by atoms with E-state index < -0.39 is 0 Å². The Labute approximate surface area is 103 Å². The SMILES string of the molecule is CCC1CCC(c2noc([C@@H](N)C(C)C)n2)C1. The van der Waals surface area contributed by atoms with Crippen molar-refractivity contribution in [3.05, 3.63) is 11.7 Å². The van der Waals surface area contributed by atoms with Crippen molar-refractivity contribution in [1.29, 1.82) is 0 Å². The van der Waals surface area contributed by atoms with Gasteiger partial charge in [-0.25, -0.2) is 0 Å². The fourth-order valence-corrected chi connectivity index (χ4v) is 2.51. The van der Waals surface area contributed by atoms with Crippen LogP contribution in [0.4, 0.5) is 0 Å². The molecule has 1 aromatic rings. The van der Waals surface area contributed by atoms with Gasteiger partial charge in [-0.1, -0.05) is 32.3 Å². The lowest BCUT2D eigenvalue weighted by Gasteiger charge is -2.09. The van der Waals surface area contributed by atoms with Gasteiger partial charge in [0.15, 0.2) is 5.82 Å². The Hall–Kier alpha value is -0.900. The molecular weight excluding hydrogens is 214 g/mol. The summed E-state index contributed by atoms with van der Waals surface area (Å²) < 4.78 is 5.28. The van der Waals surface area contributed by atoms with Gasteiger partial charge in [0.2, 0.25) is 5.89 Å². The number of hydrogen-bond acceptors (Lipinski definition) is 4. The van der Waals surface area contributed by atoms with Gasteiger partial charge < -0.3 is 10.3 Å². The van der Waals surface area contributed by atoms with Crippen LogP contribution in [0.5, 0.6) is 0 Å². The molecule has 1 saturated carbocycles. The summed E-state index contributed by atoms with van der Waals surface area (Å²) in [5, 5.41) is 4.10. The molecule has 0 bridgehead atoms. The summed E-state index contributed by atoms with van der Waals surface area (Å²) in [5.41, 5.74) is 6.01. The summed E-state index contributed by atoms with van der Waals surface area (Å²) in [5.74, 6) is 3.11. The zero-order chi connectivity index (χ0) is 12.4. The van der Waals surface area contributed by atoms with E-state index in [9.17, 15) is 0 Å². The van der Waals surface area contributed by atoms with Crippen LogP contribution in [0.3, 0.4) is 0 Å². The van der Waals surface area contributed by atoms with Crippen LogP contribution < -0.4 is 5.73 Å². The van der Waals surface area contributed by atoms with Crippen LogP contribution in [0.2, 0.25) is 0 Å². The third kappa shape index (κ3) is 2.68. The standard InChI is InChI=1S/C13H23N3O/c1-4-9-5-6-10(7-9)12-15-13(17-16-12)11(14)8(2)3/h8-11H,4-7,14H2,1-3H3/t9?,10?,11-/m0/s1. The molecule has 4 heteroatoms. The summed E-state index contributed by atoms with van der Waals surface area (Å²) in [6.07, 6.45) is 4.94.